The van der Waals surface area contributed by atoms with Gasteiger partial charge in [0.25, 0.3) is 0 Å². The predicted octanol–water partition coefficient (Wildman–Crippen LogP) is 2.06. The van der Waals surface area contributed by atoms with Crippen LogP contribution in [-0.2, 0) is 6.54 Å². The lowest BCUT2D eigenvalue weighted by Crippen LogP contribution is -2.26. The third-order valence-electron chi connectivity index (χ3n) is 3.29. The summed E-state index contributed by atoms with van der Waals surface area (Å²) >= 11 is 0. The van der Waals surface area contributed by atoms with Gasteiger partial charge in [0.05, 0.1) is 5.69 Å². The summed E-state index contributed by atoms with van der Waals surface area (Å²) in [7, 11) is 0. The van der Waals surface area contributed by atoms with Crippen molar-refractivity contribution < 1.29 is 9.90 Å². The van der Waals surface area contributed by atoms with Crippen LogP contribution < -0.4 is 5.32 Å². The van der Waals surface area contributed by atoms with Gasteiger partial charge in [-0.3, -0.25) is 0 Å². The summed E-state index contributed by atoms with van der Waals surface area (Å²) in [5.41, 5.74) is 0.911. The Kier molecular flexibility index (Phi) is 3.74. The molecule has 1 fully saturated rings. The molecule has 0 aliphatic heterocycles. The van der Waals surface area contributed by atoms with Gasteiger partial charge >= 0.3 is 5.97 Å². The summed E-state index contributed by atoms with van der Waals surface area (Å²) in [5.74, 6) is -0.174. The monoisotopic (exact) mass is 234 g/mol. The Balaban J connectivity index is 1.90. The van der Waals surface area contributed by atoms with Gasteiger partial charge < -0.3 is 10.4 Å². The molecule has 0 bridgehead atoms. The number of pyridine rings is 1. The van der Waals surface area contributed by atoms with Crippen LogP contribution in [0.2, 0.25) is 0 Å². The number of hydrogen-bond donors (Lipinski definition) is 2. The number of aromatic nitrogens is 1. The van der Waals surface area contributed by atoms with Crippen molar-refractivity contribution in [1.29, 1.82) is 0 Å². The molecule has 0 saturated heterocycles. The molecule has 1 aromatic rings. The largest absolute Gasteiger partial charge is 0.477 e. The third kappa shape index (κ3) is 3.27. The van der Waals surface area contributed by atoms with Crippen LogP contribution in [0.4, 0.5) is 0 Å². The van der Waals surface area contributed by atoms with Gasteiger partial charge in [0.1, 0.15) is 5.69 Å². The van der Waals surface area contributed by atoms with E-state index >= 15 is 0 Å². The molecule has 2 unspecified atom stereocenters. The summed E-state index contributed by atoms with van der Waals surface area (Å²) in [6.07, 6.45) is 3.69. The van der Waals surface area contributed by atoms with Crippen molar-refractivity contribution in [2.45, 2.75) is 38.8 Å². The molecule has 1 heterocycles. The van der Waals surface area contributed by atoms with E-state index in [1.165, 1.54) is 25.3 Å². The van der Waals surface area contributed by atoms with Gasteiger partial charge in [-0.15, -0.1) is 0 Å². The lowest BCUT2D eigenvalue weighted by atomic mass is 10.1. The molecule has 17 heavy (non-hydrogen) atoms. The van der Waals surface area contributed by atoms with Crippen molar-refractivity contribution in [1.82, 2.24) is 10.3 Å². The van der Waals surface area contributed by atoms with Crippen molar-refractivity contribution in [3.05, 3.63) is 29.6 Å². The van der Waals surface area contributed by atoms with Gasteiger partial charge in [-0.25, -0.2) is 9.78 Å². The smallest absolute Gasteiger partial charge is 0.354 e. The Hall–Kier alpha value is -1.42. The minimum absolute atomic E-state index is 0.115. The van der Waals surface area contributed by atoms with E-state index in [-0.39, 0.29) is 5.69 Å². The second kappa shape index (κ2) is 5.27. The quantitative estimate of drug-likeness (QED) is 0.837. The number of hydrogen-bond acceptors (Lipinski definition) is 3. The molecule has 2 atom stereocenters. The van der Waals surface area contributed by atoms with Crippen LogP contribution in [0.3, 0.4) is 0 Å². The maximum atomic E-state index is 10.8. The highest BCUT2D eigenvalue weighted by atomic mass is 16.4. The van der Waals surface area contributed by atoms with E-state index in [2.05, 4.69) is 17.2 Å². The molecular weight excluding hydrogens is 216 g/mol. The number of aromatic carboxylic acids is 1. The molecule has 1 aliphatic rings. The SMILES string of the molecule is CC1CCC(NCc2cccc(C(=O)O)n2)C1. The average Bonchev–Trinajstić information content (AvgIpc) is 2.73. The molecule has 2 N–H and O–H groups in total. The molecule has 92 valence electrons. The second-order valence-corrected chi connectivity index (χ2v) is 4.82. The Bertz CT molecular complexity index is 406. The minimum Gasteiger partial charge on any atom is -0.477 e. The van der Waals surface area contributed by atoms with Crippen LogP contribution in [0.1, 0.15) is 42.4 Å². The van der Waals surface area contributed by atoms with Gasteiger partial charge in [-0.2, -0.15) is 0 Å². The molecule has 1 aromatic heterocycles. The highest BCUT2D eigenvalue weighted by Gasteiger charge is 2.20. The number of rotatable bonds is 4. The Labute approximate surface area is 101 Å². The van der Waals surface area contributed by atoms with Crippen molar-refractivity contribution in [3.8, 4) is 0 Å². The first-order valence-corrected chi connectivity index (χ1v) is 6.08. The van der Waals surface area contributed by atoms with Gasteiger partial charge in [0.2, 0.25) is 0 Å². The van der Waals surface area contributed by atoms with E-state index in [9.17, 15) is 4.79 Å². The summed E-state index contributed by atoms with van der Waals surface area (Å²) in [4.78, 5) is 14.9. The number of nitrogens with one attached hydrogen (secondary N) is 1. The molecule has 0 radical (unpaired) electrons. The molecule has 0 spiro atoms. The molecule has 4 heteroatoms. The van der Waals surface area contributed by atoms with Crippen molar-refractivity contribution >= 4 is 5.97 Å². The van der Waals surface area contributed by atoms with Crippen LogP contribution in [0.25, 0.3) is 0 Å². The summed E-state index contributed by atoms with van der Waals surface area (Å²) in [6.45, 7) is 2.92. The second-order valence-electron chi connectivity index (χ2n) is 4.82. The Morgan fingerprint density at radius 2 is 2.35 bits per heavy atom. The molecule has 0 aromatic carbocycles. The first kappa shape index (κ1) is 12.0. The van der Waals surface area contributed by atoms with E-state index < -0.39 is 5.97 Å². The Morgan fingerprint density at radius 1 is 1.53 bits per heavy atom. The lowest BCUT2D eigenvalue weighted by molar-refractivity contribution is 0.0690. The molecule has 1 aliphatic carbocycles. The topological polar surface area (TPSA) is 62.2 Å². The molecule has 4 nitrogen and oxygen atoms in total. The van der Waals surface area contributed by atoms with Gasteiger partial charge in [-0.05, 0) is 37.3 Å². The lowest BCUT2D eigenvalue weighted by Gasteiger charge is -2.11. The van der Waals surface area contributed by atoms with Crippen molar-refractivity contribution in [2.75, 3.05) is 0 Å². The average molecular weight is 234 g/mol. The van der Waals surface area contributed by atoms with Gasteiger partial charge in [0.15, 0.2) is 0 Å². The van der Waals surface area contributed by atoms with Crippen LogP contribution >= 0.6 is 0 Å². The number of carbonyl (C=O) groups is 1. The number of carboxylic acids is 1. The zero-order valence-corrected chi connectivity index (χ0v) is 10.0. The number of nitrogens with zero attached hydrogens (tertiary/aromatic N) is 1. The molecule has 1 saturated carbocycles. The fraction of sp³-hybridized carbons (Fsp3) is 0.538. The van der Waals surface area contributed by atoms with Crippen LogP contribution in [-0.4, -0.2) is 22.1 Å². The van der Waals surface area contributed by atoms with Gasteiger partial charge in [-0.1, -0.05) is 13.0 Å². The first-order chi connectivity index (χ1) is 8.15. The van der Waals surface area contributed by atoms with E-state index in [0.29, 0.717) is 12.6 Å². The third-order valence-corrected chi connectivity index (χ3v) is 3.29. The zero-order chi connectivity index (χ0) is 12.3. The van der Waals surface area contributed by atoms with Crippen molar-refractivity contribution in [3.63, 3.8) is 0 Å². The normalized spacial score (nSPS) is 23.8. The Morgan fingerprint density at radius 3 is 3.00 bits per heavy atom. The van der Waals surface area contributed by atoms with Crippen LogP contribution in [0.5, 0.6) is 0 Å². The molecule has 2 rings (SSSR count). The highest BCUT2D eigenvalue weighted by molar-refractivity contribution is 5.85. The van der Waals surface area contributed by atoms with Crippen molar-refractivity contribution in [2.24, 2.45) is 5.92 Å². The van der Waals surface area contributed by atoms with Crippen LogP contribution in [0, 0.1) is 5.92 Å². The maximum absolute atomic E-state index is 10.8. The standard InChI is InChI=1S/C13H18N2O2/c1-9-5-6-10(7-9)14-8-11-3-2-4-12(15-11)13(16)17/h2-4,9-10,14H,5-8H2,1H3,(H,16,17). The van der Waals surface area contributed by atoms with E-state index in [1.807, 2.05) is 6.07 Å². The predicted molar refractivity (Wildman–Crippen MR) is 64.8 cm³/mol. The van der Waals surface area contributed by atoms with Crippen LogP contribution in [0.15, 0.2) is 18.2 Å². The van der Waals surface area contributed by atoms with Gasteiger partial charge in [0, 0.05) is 12.6 Å². The maximum Gasteiger partial charge on any atom is 0.354 e. The summed E-state index contributed by atoms with van der Waals surface area (Å²) in [5, 5.41) is 12.3. The number of carboxylic acid groups (broad SMARTS) is 1. The summed E-state index contributed by atoms with van der Waals surface area (Å²) in [6, 6.07) is 5.67. The summed E-state index contributed by atoms with van der Waals surface area (Å²) < 4.78 is 0. The van der Waals surface area contributed by atoms with E-state index in [0.717, 1.165) is 11.6 Å². The zero-order valence-electron chi connectivity index (χ0n) is 10.0. The minimum atomic E-state index is -0.971. The van der Waals surface area contributed by atoms with E-state index in [4.69, 9.17) is 5.11 Å². The fourth-order valence-electron chi connectivity index (χ4n) is 2.34. The van der Waals surface area contributed by atoms with E-state index in [1.54, 1.807) is 6.07 Å². The molecule has 0 amide bonds. The molecular formula is C13H18N2O2. The highest BCUT2D eigenvalue weighted by Crippen LogP contribution is 2.24. The fourth-order valence-corrected chi connectivity index (χ4v) is 2.34. The first-order valence-electron chi connectivity index (χ1n) is 6.08.